The first kappa shape index (κ1) is 21.6. The molecule has 2 fully saturated rings. The number of hydrogen-bond acceptors (Lipinski definition) is 6. The first-order valence-corrected chi connectivity index (χ1v) is 11.6. The minimum atomic E-state index is -0.356. The smallest absolute Gasteiger partial charge is 0.199 e. The van der Waals surface area contributed by atoms with Crippen LogP contribution in [0.5, 0.6) is 17.4 Å². The SMILES string of the molecule is COc1cc(-c2cnc3cccc(OC)n23)cc(OC[C@@]2(N)CCC[C@@H]2CC2CC2)c1C#N. The van der Waals surface area contributed by atoms with Crippen LogP contribution in [0.1, 0.15) is 44.1 Å². The highest BCUT2D eigenvalue weighted by molar-refractivity contribution is 5.71. The third kappa shape index (κ3) is 4.00. The van der Waals surface area contributed by atoms with Crippen molar-refractivity contribution in [2.24, 2.45) is 17.6 Å². The summed E-state index contributed by atoms with van der Waals surface area (Å²) < 4.78 is 19.4. The van der Waals surface area contributed by atoms with E-state index < -0.39 is 0 Å². The van der Waals surface area contributed by atoms with Gasteiger partial charge in [-0.3, -0.25) is 4.40 Å². The van der Waals surface area contributed by atoms with Gasteiger partial charge in [0.1, 0.15) is 35.4 Å². The van der Waals surface area contributed by atoms with Crippen molar-refractivity contribution in [3.05, 3.63) is 42.1 Å². The van der Waals surface area contributed by atoms with Crippen molar-refractivity contribution in [2.45, 2.75) is 44.1 Å². The summed E-state index contributed by atoms with van der Waals surface area (Å²) in [5.41, 5.74) is 9.30. The van der Waals surface area contributed by atoms with Gasteiger partial charge in [-0.05, 0) is 55.4 Å². The zero-order chi connectivity index (χ0) is 23.0. The van der Waals surface area contributed by atoms with Gasteiger partial charge >= 0.3 is 0 Å². The monoisotopic (exact) mass is 446 g/mol. The van der Waals surface area contributed by atoms with Crippen LogP contribution in [0, 0.1) is 23.2 Å². The number of pyridine rings is 1. The molecule has 2 N–H and O–H groups in total. The Morgan fingerprint density at radius 3 is 2.73 bits per heavy atom. The number of aromatic nitrogens is 2. The Labute approximate surface area is 194 Å². The molecule has 5 rings (SSSR count). The van der Waals surface area contributed by atoms with Gasteiger partial charge in [0, 0.05) is 5.56 Å². The minimum absolute atomic E-state index is 0.356. The van der Waals surface area contributed by atoms with Crippen LogP contribution in [0.3, 0.4) is 0 Å². The van der Waals surface area contributed by atoms with Gasteiger partial charge in [-0.1, -0.05) is 25.3 Å². The van der Waals surface area contributed by atoms with E-state index in [0.717, 1.165) is 42.1 Å². The molecule has 2 atom stereocenters. The van der Waals surface area contributed by atoms with E-state index in [1.54, 1.807) is 20.4 Å². The zero-order valence-electron chi connectivity index (χ0n) is 19.2. The molecule has 2 saturated carbocycles. The van der Waals surface area contributed by atoms with Crippen LogP contribution in [-0.4, -0.2) is 35.8 Å². The summed E-state index contributed by atoms with van der Waals surface area (Å²) in [6.45, 7) is 0.391. The largest absolute Gasteiger partial charge is 0.495 e. The molecular formula is C26H30N4O3. The summed E-state index contributed by atoms with van der Waals surface area (Å²) in [5, 5.41) is 9.86. The molecule has 2 aromatic heterocycles. The third-order valence-electron chi connectivity index (χ3n) is 7.22. The molecule has 3 aromatic rings. The van der Waals surface area contributed by atoms with Crippen LogP contribution in [0.25, 0.3) is 16.9 Å². The molecule has 0 unspecified atom stereocenters. The Morgan fingerprint density at radius 1 is 1.18 bits per heavy atom. The second-order valence-corrected chi connectivity index (χ2v) is 9.36. The molecule has 1 aromatic carbocycles. The molecule has 0 radical (unpaired) electrons. The number of rotatable bonds is 8. The molecule has 7 heteroatoms. The normalized spacial score (nSPS) is 22.3. The maximum Gasteiger partial charge on any atom is 0.199 e. The number of methoxy groups -OCH3 is 2. The van der Waals surface area contributed by atoms with E-state index >= 15 is 0 Å². The second kappa shape index (κ2) is 8.60. The molecular weight excluding hydrogens is 416 g/mol. The van der Waals surface area contributed by atoms with E-state index in [1.165, 1.54) is 19.3 Å². The highest BCUT2D eigenvalue weighted by Gasteiger charge is 2.42. The van der Waals surface area contributed by atoms with Crippen LogP contribution in [0.4, 0.5) is 0 Å². The summed E-state index contributed by atoms with van der Waals surface area (Å²) in [7, 11) is 3.19. The van der Waals surface area contributed by atoms with E-state index in [9.17, 15) is 5.26 Å². The molecule has 0 spiro atoms. The van der Waals surface area contributed by atoms with Gasteiger partial charge in [-0.15, -0.1) is 0 Å². The van der Waals surface area contributed by atoms with Crippen molar-refractivity contribution in [1.29, 1.82) is 5.26 Å². The molecule has 33 heavy (non-hydrogen) atoms. The molecule has 2 aliphatic rings. The molecule has 172 valence electrons. The van der Waals surface area contributed by atoms with Crippen molar-refractivity contribution in [1.82, 2.24) is 9.38 Å². The van der Waals surface area contributed by atoms with E-state index in [1.807, 2.05) is 34.7 Å². The fraction of sp³-hybridized carbons (Fsp3) is 0.462. The molecule has 0 saturated heterocycles. The summed E-state index contributed by atoms with van der Waals surface area (Å²) in [6.07, 6.45) is 8.88. The lowest BCUT2D eigenvalue weighted by Crippen LogP contribution is -2.49. The standard InChI is InChI=1S/C26H30N4O3/c1-31-22-12-18(21-15-29-24-6-3-7-25(32-2)30(21)24)13-23(20(22)14-27)33-16-26(28)10-4-5-19(26)11-17-8-9-17/h3,6-7,12-13,15,17,19H,4-5,8-11,16,28H2,1-2H3/t19-,26+/m1/s1. The van der Waals surface area contributed by atoms with Crippen molar-refractivity contribution in [3.8, 4) is 34.7 Å². The van der Waals surface area contributed by atoms with Gasteiger partial charge in [0.2, 0.25) is 0 Å². The van der Waals surface area contributed by atoms with Gasteiger partial charge in [-0.2, -0.15) is 5.26 Å². The number of benzene rings is 1. The van der Waals surface area contributed by atoms with Crippen molar-refractivity contribution >= 4 is 5.65 Å². The highest BCUT2D eigenvalue weighted by Crippen LogP contribution is 2.45. The Hall–Kier alpha value is -3.24. The molecule has 0 aliphatic heterocycles. The average molecular weight is 447 g/mol. The number of hydrogen-bond donors (Lipinski definition) is 1. The number of imidazole rings is 1. The molecule has 0 bridgehead atoms. The quantitative estimate of drug-likeness (QED) is 0.545. The highest BCUT2D eigenvalue weighted by atomic mass is 16.5. The van der Waals surface area contributed by atoms with Gasteiger partial charge in [0.25, 0.3) is 0 Å². The van der Waals surface area contributed by atoms with Crippen LogP contribution in [0.15, 0.2) is 36.5 Å². The maximum absolute atomic E-state index is 9.86. The topological polar surface area (TPSA) is 94.8 Å². The predicted octanol–water partition coefficient (Wildman–Crippen LogP) is 4.57. The van der Waals surface area contributed by atoms with Gasteiger partial charge in [0.15, 0.2) is 5.88 Å². The first-order chi connectivity index (χ1) is 16.1. The van der Waals surface area contributed by atoms with Crippen LogP contribution in [0.2, 0.25) is 0 Å². The lowest BCUT2D eigenvalue weighted by Gasteiger charge is -2.32. The number of nitriles is 1. The van der Waals surface area contributed by atoms with Crippen LogP contribution in [-0.2, 0) is 0 Å². The molecule has 0 amide bonds. The van der Waals surface area contributed by atoms with Crippen molar-refractivity contribution < 1.29 is 14.2 Å². The lowest BCUT2D eigenvalue weighted by molar-refractivity contribution is 0.168. The minimum Gasteiger partial charge on any atom is -0.495 e. The summed E-state index contributed by atoms with van der Waals surface area (Å²) in [5.74, 6) is 2.92. The Morgan fingerprint density at radius 2 is 2.00 bits per heavy atom. The number of nitrogens with zero attached hydrogens (tertiary/aromatic N) is 3. The second-order valence-electron chi connectivity index (χ2n) is 9.36. The lowest BCUT2D eigenvalue weighted by atomic mass is 9.85. The van der Waals surface area contributed by atoms with E-state index in [-0.39, 0.29) is 5.54 Å². The number of nitrogens with two attached hydrogens (primary N) is 1. The summed E-state index contributed by atoms with van der Waals surface area (Å²) in [4.78, 5) is 4.51. The first-order valence-electron chi connectivity index (χ1n) is 11.6. The fourth-order valence-corrected chi connectivity index (χ4v) is 5.17. The van der Waals surface area contributed by atoms with Gasteiger partial charge in [-0.25, -0.2) is 4.98 Å². The van der Waals surface area contributed by atoms with E-state index in [2.05, 4.69) is 11.1 Å². The van der Waals surface area contributed by atoms with Crippen LogP contribution >= 0.6 is 0 Å². The summed E-state index contributed by atoms with van der Waals surface area (Å²) in [6, 6.07) is 11.7. The molecule has 2 heterocycles. The number of fused-ring (bicyclic) bond motifs is 1. The molecule has 2 aliphatic carbocycles. The Bertz CT molecular complexity index is 1210. The van der Waals surface area contributed by atoms with Gasteiger partial charge in [0.05, 0.1) is 31.6 Å². The third-order valence-corrected chi connectivity index (χ3v) is 7.22. The Kier molecular flexibility index (Phi) is 5.63. The average Bonchev–Trinajstić information content (AvgIpc) is 3.43. The van der Waals surface area contributed by atoms with Crippen LogP contribution < -0.4 is 19.9 Å². The maximum atomic E-state index is 9.86. The van der Waals surface area contributed by atoms with Gasteiger partial charge < -0.3 is 19.9 Å². The zero-order valence-corrected chi connectivity index (χ0v) is 19.2. The van der Waals surface area contributed by atoms with Crippen molar-refractivity contribution in [3.63, 3.8) is 0 Å². The molecule has 7 nitrogen and oxygen atoms in total. The number of ether oxygens (including phenoxy) is 3. The van der Waals surface area contributed by atoms with E-state index in [4.69, 9.17) is 19.9 Å². The Balaban J connectivity index is 1.50. The van der Waals surface area contributed by atoms with Crippen molar-refractivity contribution in [2.75, 3.05) is 20.8 Å². The fourth-order valence-electron chi connectivity index (χ4n) is 5.17. The summed E-state index contributed by atoms with van der Waals surface area (Å²) >= 11 is 0. The van der Waals surface area contributed by atoms with E-state index in [0.29, 0.717) is 35.5 Å². The predicted molar refractivity (Wildman–Crippen MR) is 126 cm³/mol.